The molecule has 0 aromatic carbocycles. The van der Waals surface area contributed by atoms with Crippen molar-refractivity contribution in [3.63, 3.8) is 0 Å². The highest BCUT2D eigenvalue weighted by molar-refractivity contribution is 5.05. The van der Waals surface area contributed by atoms with Gasteiger partial charge in [-0.25, -0.2) is 0 Å². The average molecular weight is 267 g/mol. The predicted molar refractivity (Wildman–Crippen MR) is 73.8 cm³/mol. The van der Waals surface area contributed by atoms with Crippen molar-refractivity contribution >= 4 is 0 Å². The van der Waals surface area contributed by atoms with Crippen molar-refractivity contribution in [2.24, 2.45) is 0 Å². The van der Waals surface area contributed by atoms with E-state index >= 15 is 0 Å². The smallest absolute Gasteiger partial charge is 0.151 e. The second-order valence-corrected chi connectivity index (χ2v) is 5.58. The molecule has 0 radical (unpaired) electrons. The van der Waals surface area contributed by atoms with Gasteiger partial charge in [0.15, 0.2) is 5.76 Å². The molecule has 0 atom stereocenters. The van der Waals surface area contributed by atoms with Gasteiger partial charge in [0.1, 0.15) is 0 Å². The van der Waals surface area contributed by atoms with Crippen molar-refractivity contribution in [1.29, 1.82) is 0 Å². The minimum atomic E-state index is 0.463. The summed E-state index contributed by atoms with van der Waals surface area (Å²) in [7, 11) is 2.14. The number of aromatic nitrogens is 1. The van der Waals surface area contributed by atoms with Gasteiger partial charge in [-0.05, 0) is 19.9 Å². The maximum Gasteiger partial charge on any atom is 0.151 e. The van der Waals surface area contributed by atoms with Gasteiger partial charge in [-0.3, -0.25) is 4.90 Å². The molecule has 108 valence electrons. The zero-order valence-electron chi connectivity index (χ0n) is 12.2. The maximum atomic E-state index is 5.40. The van der Waals surface area contributed by atoms with Crippen LogP contribution in [0.3, 0.4) is 0 Å². The monoisotopic (exact) mass is 267 g/mol. The van der Waals surface area contributed by atoms with E-state index < -0.39 is 0 Å². The standard InChI is InChI=1S/C14H25N3O2/c1-11(2)15-9-12-8-14(19-16-12)10-17(3)13-4-6-18-7-5-13/h8,11,13,15H,4-7,9-10H2,1-3H3. The van der Waals surface area contributed by atoms with Crippen molar-refractivity contribution in [3.8, 4) is 0 Å². The van der Waals surface area contributed by atoms with Crippen LogP contribution in [0.4, 0.5) is 0 Å². The summed E-state index contributed by atoms with van der Waals surface area (Å²) >= 11 is 0. The first kappa shape index (κ1) is 14.5. The molecule has 0 aliphatic carbocycles. The first-order valence-corrected chi connectivity index (χ1v) is 7.11. The molecule has 0 spiro atoms. The number of hydrogen-bond donors (Lipinski definition) is 1. The SMILES string of the molecule is CC(C)NCc1cc(CN(C)C2CCOCC2)on1. The highest BCUT2D eigenvalue weighted by Gasteiger charge is 2.19. The third-order valence-electron chi connectivity index (χ3n) is 3.52. The van der Waals surface area contributed by atoms with Gasteiger partial charge in [0, 0.05) is 37.9 Å². The van der Waals surface area contributed by atoms with Gasteiger partial charge in [-0.1, -0.05) is 19.0 Å². The highest BCUT2D eigenvalue weighted by Crippen LogP contribution is 2.16. The zero-order chi connectivity index (χ0) is 13.7. The molecule has 1 aliphatic rings. The van der Waals surface area contributed by atoms with Crippen molar-refractivity contribution < 1.29 is 9.26 Å². The molecular weight excluding hydrogens is 242 g/mol. The molecule has 1 aliphatic heterocycles. The third-order valence-corrected chi connectivity index (χ3v) is 3.52. The lowest BCUT2D eigenvalue weighted by Crippen LogP contribution is -2.36. The number of hydrogen-bond acceptors (Lipinski definition) is 5. The summed E-state index contributed by atoms with van der Waals surface area (Å²) in [5.41, 5.74) is 0.976. The maximum absolute atomic E-state index is 5.40. The lowest BCUT2D eigenvalue weighted by Gasteiger charge is -2.30. The molecule has 1 aromatic heterocycles. The van der Waals surface area contributed by atoms with Crippen molar-refractivity contribution in [1.82, 2.24) is 15.4 Å². The summed E-state index contributed by atoms with van der Waals surface area (Å²) in [6, 6.07) is 3.10. The third kappa shape index (κ3) is 4.60. The summed E-state index contributed by atoms with van der Waals surface area (Å²) in [6.45, 7) is 7.57. The molecule has 0 bridgehead atoms. The largest absolute Gasteiger partial charge is 0.381 e. The van der Waals surface area contributed by atoms with E-state index in [9.17, 15) is 0 Å². The Bertz CT molecular complexity index is 373. The van der Waals surface area contributed by atoms with Crippen LogP contribution in [-0.2, 0) is 17.8 Å². The highest BCUT2D eigenvalue weighted by atomic mass is 16.5. The minimum Gasteiger partial charge on any atom is -0.381 e. The lowest BCUT2D eigenvalue weighted by atomic mass is 10.1. The Kier molecular flexibility index (Phi) is 5.36. The fourth-order valence-corrected chi connectivity index (χ4v) is 2.32. The van der Waals surface area contributed by atoms with Crippen LogP contribution in [0.15, 0.2) is 10.6 Å². The normalized spacial score (nSPS) is 17.5. The van der Waals surface area contributed by atoms with Crippen LogP contribution in [-0.4, -0.2) is 42.4 Å². The molecule has 1 aromatic rings. The Labute approximate surface area is 115 Å². The van der Waals surface area contributed by atoms with Gasteiger partial charge in [0.25, 0.3) is 0 Å². The van der Waals surface area contributed by atoms with Gasteiger partial charge >= 0.3 is 0 Å². The lowest BCUT2D eigenvalue weighted by molar-refractivity contribution is 0.0381. The topological polar surface area (TPSA) is 50.5 Å². The van der Waals surface area contributed by atoms with E-state index in [2.05, 4.69) is 36.3 Å². The Hall–Kier alpha value is -0.910. The number of rotatable bonds is 6. The molecule has 2 heterocycles. The molecule has 5 nitrogen and oxygen atoms in total. The zero-order valence-corrected chi connectivity index (χ0v) is 12.2. The van der Waals surface area contributed by atoms with E-state index in [-0.39, 0.29) is 0 Å². The fourth-order valence-electron chi connectivity index (χ4n) is 2.32. The van der Waals surface area contributed by atoms with Crippen LogP contribution in [0.1, 0.15) is 38.1 Å². The van der Waals surface area contributed by atoms with Crippen LogP contribution < -0.4 is 5.32 Å². The van der Waals surface area contributed by atoms with Crippen molar-refractivity contribution in [2.75, 3.05) is 20.3 Å². The first-order chi connectivity index (χ1) is 9.15. The van der Waals surface area contributed by atoms with E-state index in [1.807, 2.05) is 6.07 Å². The Morgan fingerprint density at radius 3 is 2.84 bits per heavy atom. The van der Waals surface area contributed by atoms with E-state index in [1.54, 1.807) is 0 Å². The average Bonchev–Trinajstić information content (AvgIpc) is 2.85. The van der Waals surface area contributed by atoms with Crippen LogP contribution in [0, 0.1) is 0 Å². The quantitative estimate of drug-likeness (QED) is 0.851. The Morgan fingerprint density at radius 1 is 1.42 bits per heavy atom. The van der Waals surface area contributed by atoms with Gasteiger partial charge in [0.05, 0.1) is 12.2 Å². The summed E-state index contributed by atoms with van der Waals surface area (Å²) in [6.07, 6.45) is 2.21. The molecule has 0 unspecified atom stereocenters. The fraction of sp³-hybridized carbons (Fsp3) is 0.786. The summed E-state index contributed by atoms with van der Waals surface area (Å²) < 4.78 is 10.8. The van der Waals surface area contributed by atoms with Crippen molar-refractivity contribution in [2.45, 2.75) is 51.9 Å². The molecule has 0 saturated carbocycles. The molecular formula is C14H25N3O2. The number of ether oxygens (including phenoxy) is 1. The second kappa shape index (κ2) is 7.03. The van der Waals surface area contributed by atoms with Crippen LogP contribution >= 0.6 is 0 Å². The van der Waals surface area contributed by atoms with Gasteiger partial charge in [0.2, 0.25) is 0 Å². The summed E-state index contributed by atoms with van der Waals surface area (Å²) in [4.78, 5) is 2.34. The van der Waals surface area contributed by atoms with Crippen molar-refractivity contribution in [3.05, 3.63) is 17.5 Å². The van der Waals surface area contributed by atoms with Gasteiger partial charge < -0.3 is 14.6 Å². The molecule has 1 fully saturated rings. The van der Waals surface area contributed by atoms with E-state index in [0.717, 1.165) is 50.6 Å². The summed E-state index contributed by atoms with van der Waals surface area (Å²) in [5.74, 6) is 0.939. The number of nitrogens with zero attached hydrogens (tertiary/aromatic N) is 2. The molecule has 19 heavy (non-hydrogen) atoms. The Morgan fingerprint density at radius 2 is 2.16 bits per heavy atom. The molecule has 2 rings (SSSR count). The molecule has 5 heteroatoms. The first-order valence-electron chi connectivity index (χ1n) is 7.11. The second-order valence-electron chi connectivity index (χ2n) is 5.58. The summed E-state index contributed by atoms with van der Waals surface area (Å²) in [5, 5.41) is 7.44. The number of nitrogens with one attached hydrogen (secondary N) is 1. The van der Waals surface area contributed by atoms with Crippen LogP contribution in [0.25, 0.3) is 0 Å². The van der Waals surface area contributed by atoms with Crippen LogP contribution in [0.2, 0.25) is 0 Å². The predicted octanol–water partition coefficient (Wildman–Crippen LogP) is 1.78. The minimum absolute atomic E-state index is 0.463. The van der Waals surface area contributed by atoms with Gasteiger partial charge in [-0.2, -0.15) is 0 Å². The van der Waals surface area contributed by atoms with E-state index in [4.69, 9.17) is 9.26 Å². The molecule has 0 amide bonds. The van der Waals surface area contributed by atoms with E-state index in [1.165, 1.54) is 0 Å². The van der Waals surface area contributed by atoms with E-state index in [0.29, 0.717) is 12.1 Å². The van der Waals surface area contributed by atoms with Crippen LogP contribution in [0.5, 0.6) is 0 Å². The Balaban J connectivity index is 1.81. The molecule has 1 saturated heterocycles. The van der Waals surface area contributed by atoms with Gasteiger partial charge in [-0.15, -0.1) is 0 Å². The molecule has 1 N–H and O–H groups in total.